The highest BCUT2D eigenvalue weighted by atomic mass is 32.1. The van der Waals surface area contributed by atoms with Gasteiger partial charge < -0.3 is 5.32 Å². The molecule has 3 rings (SSSR count). The molecule has 1 aliphatic rings. The van der Waals surface area contributed by atoms with E-state index in [0.29, 0.717) is 0 Å². The van der Waals surface area contributed by atoms with E-state index in [0.717, 1.165) is 18.8 Å². The third-order valence-corrected chi connectivity index (χ3v) is 3.79. The van der Waals surface area contributed by atoms with Crippen LogP contribution in [-0.4, -0.2) is 21.3 Å². The number of nitrogens with one attached hydrogen (secondary N) is 1. The van der Waals surface area contributed by atoms with Gasteiger partial charge in [0.05, 0.1) is 6.04 Å². The quantitative estimate of drug-likeness (QED) is 0.783. The van der Waals surface area contributed by atoms with Crippen LogP contribution in [0.15, 0.2) is 17.8 Å². The number of aromatic nitrogens is 3. The lowest BCUT2D eigenvalue weighted by molar-refractivity contribution is 0.523. The molecule has 2 aromatic rings. The number of hydrogen-bond donors (Lipinski definition) is 1. The van der Waals surface area contributed by atoms with Crippen molar-refractivity contribution in [3.63, 3.8) is 0 Å². The van der Waals surface area contributed by atoms with Crippen molar-refractivity contribution >= 4 is 11.3 Å². The van der Waals surface area contributed by atoms with Gasteiger partial charge in [0.1, 0.15) is 12.2 Å². The van der Waals surface area contributed by atoms with Crippen molar-refractivity contribution in [1.82, 2.24) is 20.1 Å². The fraction of sp³-hybridized carbons (Fsp3) is 0.400. The van der Waals surface area contributed by atoms with Crippen molar-refractivity contribution in [2.45, 2.75) is 12.5 Å². The van der Waals surface area contributed by atoms with Crippen molar-refractivity contribution in [3.8, 4) is 0 Å². The van der Waals surface area contributed by atoms with Gasteiger partial charge in [0, 0.05) is 18.5 Å². The molecule has 0 saturated carbocycles. The van der Waals surface area contributed by atoms with Gasteiger partial charge in [0.2, 0.25) is 0 Å². The van der Waals surface area contributed by atoms with Crippen LogP contribution < -0.4 is 5.32 Å². The lowest BCUT2D eigenvalue weighted by atomic mass is 10.0. The lowest BCUT2D eigenvalue weighted by Gasteiger charge is -2.23. The Morgan fingerprint density at radius 3 is 3.33 bits per heavy atom. The van der Waals surface area contributed by atoms with Crippen LogP contribution in [0, 0.1) is 0 Å². The zero-order valence-electron chi connectivity index (χ0n) is 8.47. The van der Waals surface area contributed by atoms with Crippen LogP contribution >= 0.6 is 11.3 Å². The highest BCUT2D eigenvalue weighted by Crippen LogP contribution is 2.30. The zero-order valence-corrected chi connectivity index (χ0v) is 9.29. The first-order valence-corrected chi connectivity index (χ1v) is 5.88. The first-order chi connectivity index (χ1) is 7.36. The Balaban J connectivity index is 2.07. The number of nitrogens with zero attached hydrogens (tertiary/aromatic N) is 3. The van der Waals surface area contributed by atoms with E-state index in [1.807, 2.05) is 23.1 Å². The van der Waals surface area contributed by atoms with Crippen LogP contribution in [0.4, 0.5) is 0 Å². The Bertz CT molecular complexity index is 473. The molecule has 15 heavy (non-hydrogen) atoms. The first-order valence-electron chi connectivity index (χ1n) is 5.00. The van der Waals surface area contributed by atoms with E-state index in [9.17, 15) is 0 Å². The molecular formula is C10H12N4S. The summed E-state index contributed by atoms with van der Waals surface area (Å²) in [5.41, 5.74) is 1.36. The van der Waals surface area contributed by atoms with Gasteiger partial charge in [-0.15, -0.1) is 11.3 Å². The summed E-state index contributed by atoms with van der Waals surface area (Å²) >= 11 is 1.83. The summed E-state index contributed by atoms with van der Waals surface area (Å²) in [5.74, 6) is 0.995. The molecule has 1 N–H and O–H groups in total. The minimum Gasteiger partial charge on any atom is -0.303 e. The molecule has 0 radical (unpaired) electrons. The molecule has 0 saturated heterocycles. The first kappa shape index (κ1) is 9.06. The normalized spacial score (nSPS) is 20.2. The fourth-order valence-electron chi connectivity index (χ4n) is 2.05. The van der Waals surface area contributed by atoms with E-state index in [1.54, 1.807) is 6.33 Å². The largest absolute Gasteiger partial charge is 0.303 e. The molecule has 4 nitrogen and oxygen atoms in total. The Hall–Kier alpha value is -1.20. The van der Waals surface area contributed by atoms with E-state index in [1.165, 1.54) is 10.4 Å². The second kappa shape index (κ2) is 3.43. The minimum atomic E-state index is 0.215. The van der Waals surface area contributed by atoms with Crippen LogP contribution in [0.5, 0.6) is 0 Å². The van der Waals surface area contributed by atoms with Gasteiger partial charge in [-0.05, 0) is 23.4 Å². The van der Waals surface area contributed by atoms with Crippen molar-refractivity contribution < 1.29 is 0 Å². The maximum absolute atomic E-state index is 4.31. The second-order valence-corrected chi connectivity index (χ2v) is 4.68. The summed E-state index contributed by atoms with van der Waals surface area (Å²) in [6.45, 7) is 1.02. The molecular weight excluding hydrogens is 208 g/mol. The number of thiophene rings is 1. The van der Waals surface area contributed by atoms with Gasteiger partial charge in [-0.2, -0.15) is 5.10 Å². The summed E-state index contributed by atoms with van der Waals surface area (Å²) in [5, 5.41) is 9.76. The average Bonchev–Trinajstić information content (AvgIpc) is 2.85. The Morgan fingerprint density at radius 1 is 1.60 bits per heavy atom. The summed E-state index contributed by atoms with van der Waals surface area (Å²) in [6, 6.07) is 2.40. The van der Waals surface area contributed by atoms with E-state index < -0.39 is 0 Å². The summed E-state index contributed by atoms with van der Waals surface area (Å²) < 4.78 is 1.84. The maximum atomic E-state index is 4.31. The standard InChI is InChI=1S/C10H12N4S/c1-14-10(12-6-13-14)9-7-3-5-15-8(7)2-4-11-9/h3,5-6,9,11H,2,4H2,1H3. The van der Waals surface area contributed by atoms with Crippen LogP contribution in [-0.2, 0) is 13.5 Å². The van der Waals surface area contributed by atoms with Crippen LogP contribution in [0.2, 0.25) is 0 Å². The smallest absolute Gasteiger partial charge is 0.148 e. The van der Waals surface area contributed by atoms with Crippen molar-refractivity contribution in [3.05, 3.63) is 34.0 Å². The van der Waals surface area contributed by atoms with Gasteiger partial charge in [-0.3, -0.25) is 4.68 Å². The Morgan fingerprint density at radius 2 is 2.53 bits per heavy atom. The predicted molar refractivity (Wildman–Crippen MR) is 58.9 cm³/mol. The third kappa shape index (κ3) is 1.39. The SMILES string of the molecule is Cn1ncnc1C1NCCc2sccc21. The van der Waals surface area contributed by atoms with E-state index in [4.69, 9.17) is 0 Å². The highest BCUT2D eigenvalue weighted by molar-refractivity contribution is 7.10. The molecule has 0 fully saturated rings. The minimum absolute atomic E-state index is 0.215. The number of aryl methyl sites for hydroxylation is 1. The van der Waals surface area contributed by atoms with E-state index in [-0.39, 0.29) is 6.04 Å². The molecule has 0 bridgehead atoms. The van der Waals surface area contributed by atoms with Gasteiger partial charge in [0.15, 0.2) is 0 Å². The van der Waals surface area contributed by atoms with Crippen molar-refractivity contribution in [1.29, 1.82) is 0 Å². The fourth-order valence-corrected chi connectivity index (χ4v) is 2.97. The maximum Gasteiger partial charge on any atom is 0.148 e. The lowest BCUT2D eigenvalue weighted by Crippen LogP contribution is -2.31. The molecule has 5 heteroatoms. The molecule has 1 aliphatic heterocycles. The molecule has 1 unspecified atom stereocenters. The molecule has 1 atom stereocenters. The summed E-state index contributed by atoms with van der Waals surface area (Å²) in [7, 11) is 1.94. The summed E-state index contributed by atoms with van der Waals surface area (Å²) in [4.78, 5) is 5.79. The van der Waals surface area contributed by atoms with E-state index in [2.05, 4.69) is 26.8 Å². The predicted octanol–water partition coefficient (Wildman–Crippen LogP) is 1.11. The van der Waals surface area contributed by atoms with E-state index >= 15 is 0 Å². The molecule has 3 heterocycles. The third-order valence-electron chi connectivity index (χ3n) is 2.80. The molecule has 0 spiro atoms. The molecule has 0 amide bonds. The van der Waals surface area contributed by atoms with Gasteiger partial charge in [-0.1, -0.05) is 0 Å². The number of fused-ring (bicyclic) bond motifs is 1. The topological polar surface area (TPSA) is 42.7 Å². The number of hydrogen-bond acceptors (Lipinski definition) is 4. The number of rotatable bonds is 1. The Kier molecular flexibility index (Phi) is 2.07. The molecule has 2 aromatic heterocycles. The summed E-state index contributed by atoms with van der Waals surface area (Å²) in [6.07, 6.45) is 2.74. The molecule has 0 aliphatic carbocycles. The molecule has 0 aromatic carbocycles. The van der Waals surface area contributed by atoms with Crippen LogP contribution in [0.3, 0.4) is 0 Å². The van der Waals surface area contributed by atoms with Crippen LogP contribution in [0.1, 0.15) is 22.3 Å². The van der Waals surface area contributed by atoms with Crippen molar-refractivity contribution in [2.75, 3.05) is 6.54 Å². The Labute approximate surface area is 92.0 Å². The monoisotopic (exact) mass is 220 g/mol. The second-order valence-electron chi connectivity index (χ2n) is 3.68. The zero-order chi connectivity index (χ0) is 10.3. The van der Waals surface area contributed by atoms with Gasteiger partial charge >= 0.3 is 0 Å². The van der Waals surface area contributed by atoms with Crippen LogP contribution in [0.25, 0.3) is 0 Å². The average molecular weight is 220 g/mol. The van der Waals surface area contributed by atoms with Gasteiger partial charge in [-0.25, -0.2) is 4.98 Å². The molecule has 78 valence electrons. The van der Waals surface area contributed by atoms with Crippen molar-refractivity contribution in [2.24, 2.45) is 7.05 Å². The highest BCUT2D eigenvalue weighted by Gasteiger charge is 2.25. The van der Waals surface area contributed by atoms with Gasteiger partial charge in [0.25, 0.3) is 0 Å².